The first-order valence-electron chi connectivity index (χ1n) is 9.35. The smallest absolute Gasteiger partial charge is 0.190 e. The molecule has 0 fully saturated rings. The molecule has 0 spiro atoms. The molecule has 0 aliphatic rings. The van der Waals surface area contributed by atoms with E-state index in [1.165, 1.54) is 12.1 Å². The summed E-state index contributed by atoms with van der Waals surface area (Å²) in [6.07, 6.45) is 7.62. The zero-order valence-electron chi connectivity index (χ0n) is 15.7. The topological polar surface area (TPSA) is 69.5 Å². The largest absolute Gasteiger partial charge is 0.361 e. The number of H-pyrrole nitrogens is 1. The third-order valence-electron chi connectivity index (χ3n) is 4.73. The predicted molar refractivity (Wildman–Crippen MR) is 110 cm³/mol. The van der Waals surface area contributed by atoms with Gasteiger partial charge in [0, 0.05) is 56.1 Å². The number of nitrogens with one attached hydrogen (secondary N) is 3. The van der Waals surface area contributed by atoms with Crippen LogP contribution >= 0.6 is 0 Å². The normalized spacial score (nSPS) is 12.0. The van der Waals surface area contributed by atoms with Gasteiger partial charge in [0.25, 0.3) is 0 Å². The van der Waals surface area contributed by atoms with Crippen LogP contribution in [0.4, 0.5) is 4.39 Å². The number of nitrogens with zero attached hydrogens (tertiary/aromatic N) is 3. The number of benzene rings is 1. The minimum Gasteiger partial charge on any atom is -0.361 e. The fourth-order valence-electron chi connectivity index (χ4n) is 3.32. The number of aromatic amines is 1. The lowest BCUT2D eigenvalue weighted by molar-refractivity contribution is 0.629. The number of aliphatic imine (C=N–C) groups is 1. The van der Waals surface area contributed by atoms with Crippen LogP contribution < -0.4 is 10.6 Å². The highest BCUT2D eigenvalue weighted by atomic mass is 19.1. The molecule has 0 aliphatic carbocycles. The van der Waals surface area contributed by atoms with Crippen molar-refractivity contribution in [1.29, 1.82) is 0 Å². The lowest BCUT2D eigenvalue weighted by Crippen LogP contribution is -2.39. The molecule has 1 aromatic carbocycles. The summed E-state index contributed by atoms with van der Waals surface area (Å²) in [6.45, 7) is 1.48. The Hall–Kier alpha value is -3.35. The summed E-state index contributed by atoms with van der Waals surface area (Å²) >= 11 is 0. The van der Waals surface area contributed by atoms with Crippen molar-refractivity contribution in [2.45, 2.75) is 12.8 Å². The van der Waals surface area contributed by atoms with Crippen molar-refractivity contribution in [1.82, 2.24) is 25.0 Å². The highest BCUT2D eigenvalue weighted by Gasteiger charge is 2.06. The SMILES string of the molecule is CN=C(NCCc1cn2ccccc2n1)NCCc1c[nH]c2cc(F)ccc12. The molecule has 0 saturated carbocycles. The van der Waals surface area contributed by atoms with Crippen LogP contribution in [0.1, 0.15) is 11.3 Å². The van der Waals surface area contributed by atoms with Crippen LogP contribution in [0.5, 0.6) is 0 Å². The molecule has 0 amide bonds. The molecule has 7 heteroatoms. The molecule has 144 valence electrons. The van der Waals surface area contributed by atoms with Gasteiger partial charge in [0.2, 0.25) is 0 Å². The van der Waals surface area contributed by atoms with E-state index in [1.807, 2.05) is 47.3 Å². The van der Waals surface area contributed by atoms with Crippen molar-refractivity contribution in [2.75, 3.05) is 20.1 Å². The number of imidazole rings is 1. The van der Waals surface area contributed by atoms with Crippen LogP contribution in [0.15, 0.2) is 60.0 Å². The molecular formula is C21H23FN6. The molecule has 4 aromatic rings. The van der Waals surface area contributed by atoms with Gasteiger partial charge >= 0.3 is 0 Å². The quantitative estimate of drug-likeness (QED) is 0.357. The minimum absolute atomic E-state index is 0.228. The van der Waals surface area contributed by atoms with Gasteiger partial charge in [-0.25, -0.2) is 9.37 Å². The number of rotatable bonds is 6. The van der Waals surface area contributed by atoms with Crippen LogP contribution in [0.2, 0.25) is 0 Å². The number of aromatic nitrogens is 3. The van der Waals surface area contributed by atoms with E-state index in [4.69, 9.17) is 0 Å². The Morgan fingerprint density at radius 3 is 2.86 bits per heavy atom. The summed E-state index contributed by atoms with van der Waals surface area (Å²) in [5.74, 6) is 0.531. The third-order valence-corrected chi connectivity index (χ3v) is 4.73. The molecule has 0 bridgehead atoms. The zero-order valence-corrected chi connectivity index (χ0v) is 15.7. The van der Waals surface area contributed by atoms with E-state index in [0.29, 0.717) is 0 Å². The lowest BCUT2D eigenvalue weighted by atomic mass is 10.1. The minimum atomic E-state index is -0.228. The van der Waals surface area contributed by atoms with Crippen LogP contribution in [0.25, 0.3) is 16.6 Å². The van der Waals surface area contributed by atoms with E-state index < -0.39 is 0 Å². The van der Waals surface area contributed by atoms with E-state index in [9.17, 15) is 4.39 Å². The number of hydrogen-bond acceptors (Lipinski definition) is 2. The number of pyridine rings is 1. The fourth-order valence-corrected chi connectivity index (χ4v) is 3.32. The van der Waals surface area contributed by atoms with Gasteiger partial charge in [-0.3, -0.25) is 4.99 Å². The van der Waals surface area contributed by atoms with Gasteiger partial charge in [0.1, 0.15) is 11.5 Å². The van der Waals surface area contributed by atoms with Crippen molar-refractivity contribution in [3.8, 4) is 0 Å². The Bertz CT molecular complexity index is 1080. The predicted octanol–water partition coefficient (Wildman–Crippen LogP) is 2.90. The first kappa shape index (κ1) is 18.0. The van der Waals surface area contributed by atoms with Crippen molar-refractivity contribution < 1.29 is 4.39 Å². The van der Waals surface area contributed by atoms with Gasteiger partial charge < -0.3 is 20.0 Å². The summed E-state index contributed by atoms with van der Waals surface area (Å²) < 4.78 is 15.3. The van der Waals surface area contributed by atoms with Gasteiger partial charge in [-0.05, 0) is 42.3 Å². The number of fused-ring (bicyclic) bond motifs is 2. The van der Waals surface area contributed by atoms with E-state index in [0.717, 1.165) is 59.7 Å². The van der Waals surface area contributed by atoms with E-state index in [-0.39, 0.29) is 5.82 Å². The molecular weight excluding hydrogens is 355 g/mol. The van der Waals surface area contributed by atoms with Crippen LogP contribution in [0.3, 0.4) is 0 Å². The van der Waals surface area contributed by atoms with Crippen molar-refractivity contribution in [2.24, 2.45) is 4.99 Å². The molecule has 0 aliphatic heterocycles. The molecule has 4 rings (SSSR count). The van der Waals surface area contributed by atoms with Gasteiger partial charge in [-0.15, -0.1) is 0 Å². The molecule has 0 radical (unpaired) electrons. The second-order valence-corrected chi connectivity index (χ2v) is 6.63. The van der Waals surface area contributed by atoms with Crippen molar-refractivity contribution in [3.63, 3.8) is 0 Å². The standard InChI is InChI=1S/C21H23FN6/c1-23-21(25-10-8-17-14-28-11-3-2-4-20(28)27-17)24-9-7-15-13-26-19-12-16(22)5-6-18(15)19/h2-6,11-14,26H,7-10H2,1H3,(H2,23,24,25). The number of guanidine groups is 1. The Morgan fingerprint density at radius 1 is 1.18 bits per heavy atom. The molecule has 0 unspecified atom stereocenters. The highest BCUT2D eigenvalue weighted by molar-refractivity contribution is 5.83. The number of halogens is 1. The molecule has 0 atom stereocenters. The summed E-state index contributed by atoms with van der Waals surface area (Å²) in [4.78, 5) is 12.0. The third kappa shape index (κ3) is 3.98. The van der Waals surface area contributed by atoms with Crippen LogP contribution in [-0.2, 0) is 12.8 Å². The average Bonchev–Trinajstić information content (AvgIpc) is 3.30. The van der Waals surface area contributed by atoms with Gasteiger partial charge in [0.15, 0.2) is 5.96 Å². The maximum absolute atomic E-state index is 13.3. The first-order chi connectivity index (χ1) is 13.7. The Labute approximate surface area is 162 Å². The summed E-state index contributed by atoms with van der Waals surface area (Å²) in [5, 5.41) is 7.69. The zero-order chi connectivity index (χ0) is 19.3. The maximum atomic E-state index is 13.3. The molecule has 28 heavy (non-hydrogen) atoms. The van der Waals surface area contributed by atoms with Crippen LogP contribution in [-0.4, -0.2) is 40.5 Å². The molecule has 3 aromatic heterocycles. The monoisotopic (exact) mass is 378 g/mol. The van der Waals surface area contributed by atoms with Gasteiger partial charge in [0.05, 0.1) is 5.69 Å². The summed E-state index contributed by atoms with van der Waals surface area (Å²) in [5.41, 5.74) is 3.98. The van der Waals surface area contributed by atoms with E-state index >= 15 is 0 Å². The second kappa shape index (κ2) is 8.12. The van der Waals surface area contributed by atoms with Gasteiger partial charge in [-0.2, -0.15) is 0 Å². The van der Waals surface area contributed by atoms with E-state index in [2.05, 4.69) is 25.6 Å². The summed E-state index contributed by atoms with van der Waals surface area (Å²) in [6, 6.07) is 10.8. The van der Waals surface area contributed by atoms with Crippen molar-refractivity contribution >= 4 is 22.5 Å². The second-order valence-electron chi connectivity index (χ2n) is 6.63. The van der Waals surface area contributed by atoms with Crippen molar-refractivity contribution in [3.05, 3.63) is 72.1 Å². The molecule has 0 saturated heterocycles. The maximum Gasteiger partial charge on any atom is 0.190 e. The van der Waals surface area contributed by atoms with E-state index in [1.54, 1.807) is 7.05 Å². The first-order valence-corrected chi connectivity index (χ1v) is 9.35. The molecule has 6 nitrogen and oxygen atoms in total. The summed E-state index contributed by atoms with van der Waals surface area (Å²) in [7, 11) is 1.76. The Morgan fingerprint density at radius 2 is 2.04 bits per heavy atom. The number of hydrogen-bond donors (Lipinski definition) is 3. The van der Waals surface area contributed by atoms with Gasteiger partial charge in [-0.1, -0.05) is 6.07 Å². The molecule has 3 N–H and O–H groups in total. The lowest BCUT2D eigenvalue weighted by Gasteiger charge is -2.11. The highest BCUT2D eigenvalue weighted by Crippen LogP contribution is 2.19. The van der Waals surface area contributed by atoms with Crippen LogP contribution in [0, 0.1) is 5.82 Å². The molecule has 3 heterocycles. The fraction of sp³-hybridized carbons (Fsp3) is 0.238. The average molecular weight is 378 g/mol. The Kier molecular flexibility index (Phi) is 5.23. The Balaban J connectivity index is 1.26.